The Morgan fingerprint density at radius 2 is 1.78 bits per heavy atom. The van der Waals surface area contributed by atoms with E-state index in [1.54, 1.807) is 27.0 Å². The van der Waals surface area contributed by atoms with Gasteiger partial charge < -0.3 is 14.0 Å². The fourth-order valence-electron chi connectivity index (χ4n) is 2.41. The molecule has 1 fully saturated rings. The molecule has 0 atom stereocenters. The number of allylic oxidation sites excluding steroid dienone is 1. The highest BCUT2D eigenvalue weighted by atomic mass is 16.6. The minimum absolute atomic E-state index is 0.0107. The molecule has 1 aromatic rings. The van der Waals surface area contributed by atoms with Crippen molar-refractivity contribution >= 4 is 25.0 Å². The normalized spacial score (nSPS) is 16.5. The topological polar surface area (TPSA) is 82.1 Å². The first-order valence-corrected chi connectivity index (χ1v) is 8.71. The zero-order chi connectivity index (χ0) is 19.9. The van der Waals surface area contributed by atoms with Crippen LogP contribution >= 0.6 is 0 Å². The van der Waals surface area contributed by atoms with Gasteiger partial charge in [-0.1, -0.05) is 36.4 Å². The number of esters is 1. The minimum atomic E-state index is -1.09. The van der Waals surface area contributed by atoms with E-state index in [1.165, 1.54) is 10.9 Å². The van der Waals surface area contributed by atoms with Crippen LogP contribution in [0.25, 0.3) is 0 Å². The Balaban J connectivity index is 1.87. The Labute approximate surface area is 159 Å². The molecular weight excluding hydrogens is 349 g/mol. The number of likely N-dealkylation sites (N-methyl/N-ethyl adjacent to an activating group) is 1. The van der Waals surface area contributed by atoms with E-state index in [0.717, 1.165) is 5.56 Å². The Kier molecular flexibility index (Phi) is 7.18. The highest BCUT2D eigenvalue weighted by Gasteiger charge is 2.31. The van der Waals surface area contributed by atoms with Crippen LogP contribution in [0.3, 0.4) is 0 Å². The zero-order valence-electron chi connectivity index (χ0n) is 15.8. The van der Waals surface area contributed by atoms with Crippen LogP contribution in [-0.2, 0) is 35.0 Å². The first-order chi connectivity index (χ1) is 12.8. The maximum absolute atomic E-state index is 12.3. The lowest BCUT2D eigenvalue weighted by molar-refractivity contribution is -0.155. The van der Waals surface area contributed by atoms with Gasteiger partial charge in [0, 0.05) is 0 Å². The van der Waals surface area contributed by atoms with Crippen molar-refractivity contribution < 1.29 is 28.4 Å². The van der Waals surface area contributed by atoms with Gasteiger partial charge in [0.05, 0.1) is 18.5 Å². The number of benzene rings is 1. The number of ether oxygens (including phenoxy) is 1. The fraction of sp³-hybridized carbons (Fsp3) is 0.421. The zero-order valence-corrected chi connectivity index (χ0v) is 15.8. The van der Waals surface area contributed by atoms with Gasteiger partial charge in [-0.2, -0.15) is 0 Å². The molecular formula is C19H24BNO6. The molecule has 0 N–H and O–H groups in total. The number of hydrogen-bond acceptors (Lipinski definition) is 7. The van der Waals surface area contributed by atoms with E-state index in [0.29, 0.717) is 6.42 Å². The standard InChI is InChI=1S/C19H24BNO6/c1-19(2,18(24)25-14-15-8-5-4-6-9-15)10-7-11-20-26-16(22)12-21(3)13-17(23)27-20/h4-9,11H,10,12-14H2,1-3H3/b11-7+. The van der Waals surface area contributed by atoms with Gasteiger partial charge in [0.25, 0.3) is 0 Å². The smallest absolute Gasteiger partial charge is 0.495 e. The van der Waals surface area contributed by atoms with Crippen molar-refractivity contribution in [2.45, 2.75) is 26.9 Å². The third-order valence-corrected chi connectivity index (χ3v) is 3.98. The van der Waals surface area contributed by atoms with Crippen LogP contribution in [0.2, 0.25) is 0 Å². The van der Waals surface area contributed by atoms with Gasteiger partial charge in [-0.15, -0.1) is 0 Å². The first kappa shape index (κ1) is 20.7. The van der Waals surface area contributed by atoms with Crippen LogP contribution in [0.5, 0.6) is 0 Å². The molecule has 27 heavy (non-hydrogen) atoms. The largest absolute Gasteiger partial charge is 0.628 e. The predicted octanol–water partition coefficient (Wildman–Crippen LogP) is 1.76. The van der Waals surface area contributed by atoms with E-state index < -0.39 is 24.5 Å². The summed E-state index contributed by atoms with van der Waals surface area (Å²) in [5.74, 6) is 0.152. The van der Waals surface area contributed by atoms with Gasteiger partial charge in [-0.05, 0) is 38.9 Å². The average Bonchev–Trinajstić information content (AvgIpc) is 2.58. The first-order valence-electron chi connectivity index (χ1n) is 8.71. The number of hydrogen-bond donors (Lipinski definition) is 0. The second kappa shape index (κ2) is 9.37. The van der Waals surface area contributed by atoms with Gasteiger partial charge in [0.15, 0.2) is 0 Å². The van der Waals surface area contributed by atoms with Crippen molar-refractivity contribution in [3.63, 3.8) is 0 Å². The van der Waals surface area contributed by atoms with Gasteiger partial charge >= 0.3 is 25.0 Å². The number of nitrogens with zero attached hydrogens (tertiary/aromatic N) is 1. The lowest BCUT2D eigenvalue weighted by atomic mass is 9.84. The predicted molar refractivity (Wildman–Crippen MR) is 99.2 cm³/mol. The molecule has 7 nitrogen and oxygen atoms in total. The Hall–Kier alpha value is -2.61. The molecule has 1 heterocycles. The average molecular weight is 373 g/mol. The van der Waals surface area contributed by atoms with Crippen LogP contribution in [0.15, 0.2) is 42.4 Å². The van der Waals surface area contributed by atoms with Crippen molar-refractivity contribution in [1.29, 1.82) is 0 Å². The summed E-state index contributed by atoms with van der Waals surface area (Å²) in [7, 11) is 0.539. The minimum Gasteiger partial charge on any atom is -0.495 e. The molecule has 144 valence electrons. The number of carbonyl (C=O) groups is 3. The van der Waals surface area contributed by atoms with Crippen LogP contribution in [0.4, 0.5) is 0 Å². The van der Waals surface area contributed by atoms with Gasteiger partial charge in [-0.25, -0.2) is 0 Å². The van der Waals surface area contributed by atoms with Crippen molar-refractivity contribution in [3.8, 4) is 0 Å². The molecule has 1 aliphatic rings. The van der Waals surface area contributed by atoms with Crippen LogP contribution in [0, 0.1) is 5.41 Å². The Morgan fingerprint density at radius 3 is 2.37 bits per heavy atom. The summed E-state index contributed by atoms with van der Waals surface area (Å²) < 4.78 is 15.5. The lowest BCUT2D eigenvalue weighted by Crippen LogP contribution is -2.41. The number of rotatable bonds is 6. The van der Waals surface area contributed by atoms with Gasteiger partial charge in [0.1, 0.15) is 6.61 Å². The third kappa shape index (κ3) is 6.90. The van der Waals surface area contributed by atoms with Crippen molar-refractivity contribution in [2.75, 3.05) is 20.1 Å². The Bertz CT molecular complexity index is 683. The van der Waals surface area contributed by atoms with E-state index in [4.69, 9.17) is 14.0 Å². The third-order valence-electron chi connectivity index (χ3n) is 3.98. The second-order valence-electron chi connectivity index (χ2n) is 7.10. The highest BCUT2D eigenvalue weighted by molar-refractivity contribution is 6.54. The summed E-state index contributed by atoms with van der Waals surface area (Å²) in [6, 6.07) is 9.43. The molecule has 0 radical (unpaired) electrons. The van der Waals surface area contributed by atoms with Crippen molar-refractivity contribution in [3.05, 3.63) is 47.9 Å². The summed E-state index contributed by atoms with van der Waals surface area (Å²) >= 11 is 0. The summed E-state index contributed by atoms with van der Waals surface area (Å²) in [6.07, 6.45) is 1.99. The fourth-order valence-corrected chi connectivity index (χ4v) is 2.41. The van der Waals surface area contributed by atoms with Crippen LogP contribution in [-0.4, -0.2) is 50.1 Å². The lowest BCUT2D eigenvalue weighted by Gasteiger charge is -2.22. The molecule has 0 unspecified atom stereocenters. The quantitative estimate of drug-likeness (QED) is 0.555. The SMILES string of the molecule is CN1CC(=O)OB(/C=C/CC(C)(C)C(=O)OCc2ccccc2)OC(=O)C1. The molecule has 0 aromatic heterocycles. The summed E-state index contributed by atoms with van der Waals surface area (Å²) in [4.78, 5) is 37.2. The van der Waals surface area contributed by atoms with Crippen LogP contribution < -0.4 is 0 Å². The van der Waals surface area contributed by atoms with E-state index in [1.807, 2.05) is 30.3 Å². The maximum Gasteiger partial charge on any atom is 0.628 e. The molecule has 0 spiro atoms. The molecule has 1 aromatic carbocycles. The molecule has 2 rings (SSSR count). The van der Waals surface area contributed by atoms with E-state index in [-0.39, 0.29) is 25.7 Å². The molecule has 0 bridgehead atoms. The summed E-state index contributed by atoms with van der Waals surface area (Å²) in [5.41, 5.74) is 0.136. The molecule has 1 aliphatic heterocycles. The Morgan fingerprint density at radius 1 is 1.19 bits per heavy atom. The summed E-state index contributed by atoms with van der Waals surface area (Å²) in [6.45, 7) is 3.75. The highest BCUT2D eigenvalue weighted by Crippen LogP contribution is 2.24. The van der Waals surface area contributed by atoms with Crippen LogP contribution in [0.1, 0.15) is 25.8 Å². The van der Waals surface area contributed by atoms with Crippen molar-refractivity contribution in [2.24, 2.45) is 5.41 Å². The maximum atomic E-state index is 12.3. The van der Waals surface area contributed by atoms with E-state index in [9.17, 15) is 14.4 Å². The molecule has 1 saturated heterocycles. The van der Waals surface area contributed by atoms with Crippen molar-refractivity contribution in [1.82, 2.24) is 4.90 Å². The van der Waals surface area contributed by atoms with Gasteiger partial charge in [0.2, 0.25) is 0 Å². The summed E-state index contributed by atoms with van der Waals surface area (Å²) in [5, 5.41) is 0. The molecule has 0 aliphatic carbocycles. The van der Waals surface area contributed by atoms with E-state index >= 15 is 0 Å². The van der Waals surface area contributed by atoms with Gasteiger partial charge in [-0.3, -0.25) is 19.3 Å². The monoisotopic (exact) mass is 373 g/mol. The second-order valence-corrected chi connectivity index (χ2v) is 7.10. The molecule has 0 amide bonds. The molecule has 0 saturated carbocycles. The number of carbonyl (C=O) groups excluding carboxylic acids is 3. The molecule has 8 heteroatoms. The van der Waals surface area contributed by atoms with E-state index in [2.05, 4.69) is 0 Å².